The maximum atomic E-state index is 10.1. The largest absolute Gasteiger partial charge is 0.423 e. The minimum Gasteiger partial charge on any atom is -0.351 e. The monoisotopic (exact) mass is 128 g/mol. The van der Waals surface area contributed by atoms with E-state index in [-0.39, 0.29) is 0 Å². The third kappa shape index (κ3) is 1.73. The van der Waals surface area contributed by atoms with Gasteiger partial charge in [-0.2, -0.15) is 0 Å². The summed E-state index contributed by atoms with van der Waals surface area (Å²) in [4.78, 5) is 14.6. The fourth-order valence-corrected chi connectivity index (χ4v) is 0.661. The van der Waals surface area contributed by atoms with E-state index in [1.54, 1.807) is 0 Å². The van der Waals surface area contributed by atoms with Crippen LogP contribution in [-0.4, -0.2) is 24.2 Å². The average molecular weight is 128 g/mol. The van der Waals surface area contributed by atoms with Crippen LogP contribution < -0.4 is 5.73 Å². The zero-order chi connectivity index (χ0) is 6.69. The van der Waals surface area contributed by atoms with Crippen molar-refractivity contribution in [3.05, 3.63) is 12.2 Å². The van der Waals surface area contributed by atoms with Crippen LogP contribution in [0.4, 0.5) is 4.79 Å². The van der Waals surface area contributed by atoms with Crippen LogP contribution >= 0.6 is 0 Å². The molecule has 2 N–H and O–H groups in total. The number of nitrogens with two attached hydrogens (primary N) is 1. The summed E-state index contributed by atoms with van der Waals surface area (Å²) in [6, 6.07) is 0. The van der Waals surface area contributed by atoms with Gasteiger partial charge in [-0.1, -0.05) is 12.2 Å². The highest BCUT2D eigenvalue weighted by Crippen LogP contribution is 1.97. The second-order valence-electron chi connectivity index (χ2n) is 1.73. The predicted molar refractivity (Wildman–Crippen MR) is 31.4 cm³/mol. The molecule has 1 aliphatic heterocycles. The lowest BCUT2D eigenvalue weighted by atomic mass is 10.6. The van der Waals surface area contributed by atoms with Crippen molar-refractivity contribution in [2.75, 3.05) is 13.1 Å². The Kier molecular flexibility index (Phi) is 1.69. The van der Waals surface area contributed by atoms with E-state index in [4.69, 9.17) is 5.73 Å². The van der Waals surface area contributed by atoms with E-state index in [1.807, 2.05) is 12.2 Å². The van der Waals surface area contributed by atoms with Gasteiger partial charge in [-0.3, -0.25) is 0 Å². The van der Waals surface area contributed by atoms with E-state index in [2.05, 4.69) is 4.84 Å². The molecule has 1 rings (SSSR count). The summed E-state index contributed by atoms with van der Waals surface area (Å²) in [6.45, 7) is 1.28. The second kappa shape index (κ2) is 2.50. The molecule has 0 spiro atoms. The molecular formula is C5H8N2O2. The Morgan fingerprint density at radius 2 is 2.11 bits per heavy atom. The van der Waals surface area contributed by atoms with Gasteiger partial charge in [-0.15, -0.1) is 5.06 Å². The molecule has 0 atom stereocenters. The number of hydrogen-bond acceptors (Lipinski definition) is 3. The van der Waals surface area contributed by atoms with E-state index < -0.39 is 6.09 Å². The van der Waals surface area contributed by atoms with E-state index in [1.165, 1.54) is 5.06 Å². The third-order valence-corrected chi connectivity index (χ3v) is 1.00. The molecule has 1 amide bonds. The van der Waals surface area contributed by atoms with Crippen LogP contribution in [0.25, 0.3) is 0 Å². The minimum atomic E-state index is -0.751. The van der Waals surface area contributed by atoms with E-state index in [0.29, 0.717) is 13.1 Å². The molecule has 0 unspecified atom stereocenters. The molecule has 0 aliphatic carbocycles. The van der Waals surface area contributed by atoms with Crippen LogP contribution in [0.15, 0.2) is 12.2 Å². The molecule has 1 heterocycles. The van der Waals surface area contributed by atoms with Crippen molar-refractivity contribution in [1.82, 2.24) is 5.06 Å². The number of hydroxylamine groups is 2. The Bertz CT molecular complexity index is 136. The lowest BCUT2D eigenvalue weighted by Crippen LogP contribution is -2.27. The van der Waals surface area contributed by atoms with E-state index in [0.717, 1.165) is 0 Å². The van der Waals surface area contributed by atoms with Gasteiger partial charge >= 0.3 is 6.09 Å². The molecule has 0 bridgehead atoms. The fourth-order valence-electron chi connectivity index (χ4n) is 0.661. The minimum absolute atomic E-state index is 0.642. The lowest BCUT2D eigenvalue weighted by molar-refractivity contribution is -0.0714. The molecule has 50 valence electrons. The van der Waals surface area contributed by atoms with Gasteiger partial charge in [0.1, 0.15) is 0 Å². The Morgan fingerprint density at radius 3 is 2.56 bits per heavy atom. The lowest BCUT2D eigenvalue weighted by Gasteiger charge is -2.10. The molecule has 0 aromatic carbocycles. The number of amides is 1. The number of nitrogens with zero attached hydrogens (tertiary/aromatic N) is 1. The van der Waals surface area contributed by atoms with E-state index in [9.17, 15) is 4.79 Å². The van der Waals surface area contributed by atoms with Crippen molar-refractivity contribution in [3.8, 4) is 0 Å². The maximum absolute atomic E-state index is 10.1. The smallest absolute Gasteiger partial charge is 0.351 e. The highest BCUT2D eigenvalue weighted by Gasteiger charge is 2.08. The first kappa shape index (κ1) is 6.10. The summed E-state index contributed by atoms with van der Waals surface area (Å²) < 4.78 is 0. The zero-order valence-corrected chi connectivity index (χ0v) is 4.91. The summed E-state index contributed by atoms with van der Waals surface area (Å²) in [6.07, 6.45) is 3.06. The van der Waals surface area contributed by atoms with Crippen molar-refractivity contribution in [1.29, 1.82) is 0 Å². The van der Waals surface area contributed by atoms with Crippen LogP contribution in [0.2, 0.25) is 0 Å². The average Bonchev–Trinajstić information content (AvgIpc) is 2.15. The summed E-state index contributed by atoms with van der Waals surface area (Å²) in [5.41, 5.74) is 4.74. The van der Waals surface area contributed by atoms with Gasteiger partial charge in [0.2, 0.25) is 0 Å². The molecule has 4 nitrogen and oxygen atoms in total. The topological polar surface area (TPSA) is 55.6 Å². The molecule has 0 fully saturated rings. The van der Waals surface area contributed by atoms with Gasteiger partial charge in [0.05, 0.1) is 13.1 Å². The van der Waals surface area contributed by atoms with Crippen molar-refractivity contribution in [2.24, 2.45) is 5.73 Å². The van der Waals surface area contributed by atoms with Crippen LogP contribution in [-0.2, 0) is 4.84 Å². The number of rotatable bonds is 1. The number of hydrogen-bond donors (Lipinski definition) is 1. The first-order valence-electron chi connectivity index (χ1n) is 2.66. The number of primary amides is 1. The predicted octanol–water partition coefficient (Wildman–Crippen LogP) is -0.131. The van der Waals surface area contributed by atoms with Gasteiger partial charge < -0.3 is 10.6 Å². The normalized spacial score (nSPS) is 18.2. The first-order chi connectivity index (χ1) is 4.29. The summed E-state index contributed by atoms with van der Waals surface area (Å²) in [7, 11) is 0. The number of carbonyl (C=O) groups is 1. The molecule has 0 saturated heterocycles. The van der Waals surface area contributed by atoms with Crippen LogP contribution in [0.1, 0.15) is 0 Å². The molecule has 1 aliphatic rings. The zero-order valence-electron chi connectivity index (χ0n) is 4.91. The highest BCUT2D eigenvalue weighted by atomic mass is 16.7. The van der Waals surface area contributed by atoms with Gasteiger partial charge in [0.25, 0.3) is 0 Å². The highest BCUT2D eigenvalue weighted by molar-refractivity contribution is 5.64. The molecule has 9 heavy (non-hydrogen) atoms. The fraction of sp³-hybridized carbons (Fsp3) is 0.400. The Labute approximate surface area is 52.8 Å². The SMILES string of the molecule is NC(=O)ON1CC=CC1. The number of carbonyl (C=O) groups excluding carboxylic acids is 1. The molecule has 0 saturated carbocycles. The van der Waals surface area contributed by atoms with E-state index >= 15 is 0 Å². The van der Waals surface area contributed by atoms with Crippen LogP contribution in [0.3, 0.4) is 0 Å². The maximum Gasteiger partial charge on any atom is 0.423 e. The molecule has 0 aromatic heterocycles. The standard InChI is InChI=1S/C5H8N2O2/c6-5(8)9-7-3-1-2-4-7/h1-2H,3-4H2,(H2,6,8). The van der Waals surface area contributed by atoms with Crippen molar-refractivity contribution >= 4 is 6.09 Å². The van der Waals surface area contributed by atoms with Gasteiger partial charge in [0.15, 0.2) is 0 Å². The van der Waals surface area contributed by atoms with Crippen molar-refractivity contribution in [3.63, 3.8) is 0 Å². The van der Waals surface area contributed by atoms with Crippen molar-refractivity contribution < 1.29 is 9.63 Å². The van der Waals surface area contributed by atoms with Gasteiger partial charge in [0, 0.05) is 0 Å². The Morgan fingerprint density at radius 1 is 1.56 bits per heavy atom. The quantitative estimate of drug-likeness (QED) is 0.500. The summed E-state index contributed by atoms with van der Waals surface area (Å²) in [5, 5.41) is 1.47. The van der Waals surface area contributed by atoms with Gasteiger partial charge in [-0.25, -0.2) is 4.79 Å². The Hall–Kier alpha value is -1.03. The second-order valence-corrected chi connectivity index (χ2v) is 1.73. The molecular weight excluding hydrogens is 120 g/mol. The summed E-state index contributed by atoms with van der Waals surface area (Å²) >= 11 is 0. The summed E-state index contributed by atoms with van der Waals surface area (Å²) in [5.74, 6) is 0. The van der Waals surface area contributed by atoms with Crippen LogP contribution in [0, 0.1) is 0 Å². The molecule has 0 aromatic rings. The molecule has 0 radical (unpaired) electrons. The van der Waals surface area contributed by atoms with Crippen LogP contribution in [0.5, 0.6) is 0 Å². The third-order valence-electron chi connectivity index (χ3n) is 1.00. The van der Waals surface area contributed by atoms with Gasteiger partial charge in [-0.05, 0) is 0 Å². The van der Waals surface area contributed by atoms with Crippen molar-refractivity contribution in [2.45, 2.75) is 0 Å². The first-order valence-corrected chi connectivity index (χ1v) is 2.66. The molecule has 4 heteroatoms. The Balaban J connectivity index is 2.22.